The normalized spacial score (nSPS) is 15.9. The van der Waals surface area contributed by atoms with Gasteiger partial charge in [0.1, 0.15) is 5.82 Å². The highest BCUT2D eigenvalue weighted by atomic mass is 19.1. The molecule has 3 N–H and O–H groups in total. The zero-order valence-electron chi connectivity index (χ0n) is 20.2. The van der Waals surface area contributed by atoms with Gasteiger partial charge < -0.3 is 16.0 Å². The molecular weight excluding hydrogens is 441 g/mol. The minimum Gasteiger partial charge on any atom is -0.350 e. The molecule has 35 heavy (non-hydrogen) atoms. The number of unbranched alkanes of at least 4 members (excludes halogenated alkanes) is 1. The molecule has 1 fully saturated rings. The number of benzene rings is 3. The summed E-state index contributed by atoms with van der Waals surface area (Å²) in [5, 5.41) is 8.79. The van der Waals surface area contributed by atoms with Crippen LogP contribution in [0.1, 0.15) is 53.6 Å². The minimum absolute atomic E-state index is 0.122. The maximum Gasteiger partial charge on any atom is 0.251 e. The number of rotatable bonds is 10. The summed E-state index contributed by atoms with van der Waals surface area (Å²) < 4.78 is 12.7. The van der Waals surface area contributed by atoms with Gasteiger partial charge in [-0.05, 0) is 54.8 Å². The van der Waals surface area contributed by atoms with Gasteiger partial charge in [0.05, 0.1) is 6.54 Å². The van der Waals surface area contributed by atoms with Crippen LogP contribution in [0.4, 0.5) is 4.39 Å². The summed E-state index contributed by atoms with van der Waals surface area (Å²) in [4.78, 5) is 23.3. The van der Waals surface area contributed by atoms with Crippen molar-refractivity contribution in [3.63, 3.8) is 0 Å². The van der Waals surface area contributed by atoms with E-state index in [1.54, 1.807) is 0 Å². The first-order valence-corrected chi connectivity index (χ1v) is 12.2. The third kappa shape index (κ3) is 9.33. The fourth-order valence-electron chi connectivity index (χ4n) is 3.68. The number of hydrogen-bond acceptors (Lipinski definition) is 3. The Bertz CT molecular complexity index is 1040. The third-order valence-corrected chi connectivity index (χ3v) is 5.80. The van der Waals surface area contributed by atoms with Gasteiger partial charge in [-0.15, -0.1) is 0 Å². The maximum atomic E-state index is 12.7. The molecule has 0 saturated heterocycles. The Hall–Kier alpha value is -3.51. The van der Waals surface area contributed by atoms with E-state index < -0.39 is 11.7 Å². The zero-order valence-corrected chi connectivity index (χ0v) is 20.2. The SMILES string of the molecule is CCCCNC1CC1c1ccccc1.O=C(CNC(=O)c1ccc(F)cc1)NCc1ccccc1. The van der Waals surface area contributed by atoms with Crippen molar-refractivity contribution >= 4 is 11.8 Å². The van der Waals surface area contributed by atoms with Crippen molar-refractivity contribution in [2.24, 2.45) is 0 Å². The quantitative estimate of drug-likeness (QED) is 0.369. The Kier molecular flexibility index (Phi) is 10.5. The Morgan fingerprint density at radius 1 is 0.886 bits per heavy atom. The predicted octanol–water partition coefficient (Wildman–Crippen LogP) is 4.80. The molecule has 4 rings (SSSR count). The van der Waals surface area contributed by atoms with E-state index in [9.17, 15) is 14.0 Å². The average Bonchev–Trinajstić information content (AvgIpc) is 3.68. The van der Waals surface area contributed by atoms with Crippen LogP contribution in [0.5, 0.6) is 0 Å². The van der Waals surface area contributed by atoms with Crippen LogP contribution < -0.4 is 16.0 Å². The highest BCUT2D eigenvalue weighted by Crippen LogP contribution is 2.40. The summed E-state index contributed by atoms with van der Waals surface area (Å²) in [5.41, 5.74) is 2.80. The van der Waals surface area contributed by atoms with Crippen LogP contribution in [-0.2, 0) is 11.3 Å². The van der Waals surface area contributed by atoms with Gasteiger partial charge in [0.15, 0.2) is 0 Å². The van der Waals surface area contributed by atoms with Crippen molar-refractivity contribution in [3.8, 4) is 0 Å². The lowest BCUT2D eigenvalue weighted by molar-refractivity contribution is -0.120. The van der Waals surface area contributed by atoms with Crippen molar-refractivity contribution in [2.45, 2.75) is 44.7 Å². The molecule has 184 valence electrons. The van der Waals surface area contributed by atoms with Crippen molar-refractivity contribution in [1.82, 2.24) is 16.0 Å². The standard InChI is InChI=1S/C16H15FN2O2.C13H19N/c17-14-8-6-13(7-9-14)16(21)19-11-15(20)18-10-12-4-2-1-3-5-12;1-2-3-9-14-13-10-12(13)11-7-5-4-6-8-11/h1-9H,10-11H2,(H,18,20)(H,19,21);4-8,12-14H,2-3,9-10H2,1H3. The molecule has 0 heterocycles. The molecule has 0 aliphatic heterocycles. The Morgan fingerprint density at radius 2 is 1.54 bits per heavy atom. The molecule has 1 aliphatic carbocycles. The molecular formula is C29H34FN3O2. The first-order valence-electron chi connectivity index (χ1n) is 12.2. The van der Waals surface area contributed by atoms with Crippen molar-refractivity contribution in [2.75, 3.05) is 13.1 Å². The summed E-state index contributed by atoms with van der Waals surface area (Å²) in [6.07, 6.45) is 3.92. The molecule has 5 nitrogen and oxygen atoms in total. The van der Waals surface area contributed by atoms with E-state index in [4.69, 9.17) is 0 Å². The van der Waals surface area contributed by atoms with Gasteiger partial charge in [0, 0.05) is 24.1 Å². The van der Waals surface area contributed by atoms with Gasteiger partial charge in [-0.3, -0.25) is 9.59 Å². The van der Waals surface area contributed by atoms with Crippen LogP contribution in [0, 0.1) is 5.82 Å². The van der Waals surface area contributed by atoms with Gasteiger partial charge in [0.25, 0.3) is 5.91 Å². The number of carbonyl (C=O) groups is 2. The molecule has 0 radical (unpaired) electrons. The summed E-state index contributed by atoms with van der Waals surface area (Å²) >= 11 is 0. The molecule has 0 spiro atoms. The molecule has 6 heteroatoms. The first kappa shape index (κ1) is 26.1. The molecule has 3 aromatic carbocycles. The number of hydrogen-bond donors (Lipinski definition) is 3. The largest absolute Gasteiger partial charge is 0.350 e. The zero-order chi connectivity index (χ0) is 24.9. The second kappa shape index (κ2) is 14.0. The number of amides is 2. The van der Waals surface area contributed by atoms with Gasteiger partial charge in [-0.1, -0.05) is 74.0 Å². The van der Waals surface area contributed by atoms with Crippen LogP contribution in [0.2, 0.25) is 0 Å². The monoisotopic (exact) mass is 475 g/mol. The predicted molar refractivity (Wildman–Crippen MR) is 138 cm³/mol. The average molecular weight is 476 g/mol. The van der Waals surface area contributed by atoms with E-state index >= 15 is 0 Å². The summed E-state index contributed by atoms with van der Waals surface area (Å²) in [7, 11) is 0. The van der Waals surface area contributed by atoms with Gasteiger partial charge >= 0.3 is 0 Å². The van der Waals surface area contributed by atoms with E-state index in [-0.39, 0.29) is 12.5 Å². The lowest BCUT2D eigenvalue weighted by Gasteiger charge is -2.07. The second-order valence-electron chi connectivity index (χ2n) is 8.62. The fraction of sp³-hybridized carbons (Fsp3) is 0.310. The summed E-state index contributed by atoms with van der Waals surface area (Å²) in [6.45, 7) is 3.71. The molecule has 1 saturated carbocycles. The lowest BCUT2D eigenvalue weighted by atomic mass is 10.1. The van der Waals surface area contributed by atoms with E-state index in [1.165, 1.54) is 55.6 Å². The minimum atomic E-state index is -0.412. The van der Waals surface area contributed by atoms with E-state index in [0.717, 1.165) is 17.5 Å². The highest BCUT2D eigenvalue weighted by molar-refractivity contribution is 5.96. The van der Waals surface area contributed by atoms with Crippen LogP contribution in [0.25, 0.3) is 0 Å². The second-order valence-corrected chi connectivity index (χ2v) is 8.62. The molecule has 0 aromatic heterocycles. The molecule has 0 bridgehead atoms. The van der Waals surface area contributed by atoms with Crippen molar-refractivity contribution in [1.29, 1.82) is 0 Å². The molecule has 2 atom stereocenters. The Balaban J connectivity index is 0.000000211. The Labute approximate surface area is 207 Å². The van der Waals surface area contributed by atoms with Crippen LogP contribution in [0.3, 0.4) is 0 Å². The van der Waals surface area contributed by atoms with Gasteiger partial charge in [-0.25, -0.2) is 4.39 Å². The van der Waals surface area contributed by atoms with Crippen LogP contribution >= 0.6 is 0 Å². The molecule has 1 aliphatic rings. The topological polar surface area (TPSA) is 70.2 Å². The third-order valence-electron chi connectivity index (χ3n) is 5.80. The highest BCUT2D eigenvalue weighted by Gasteiger charge is 2.37. The van der Waals surface area contributed by atoms with Gasteiger partial charge in [-0.2, -0.15) is 0 Å². The number of nitrogens with one attached hydrogen (secondary N) is 3. The number of halogens is 1. The summed E-state index contributed by atoms with van der Waals surface area (Å²) in [6, 6.07) is 26.2. The molecule has 3 aromatic rings. The molecule has 2 amide bonds. The first-order chi connectivity index (χ1) is 17.1. The fourth-order valence-corrected chi connectivity index (χ4v) is 3.68. The Morgan fingerprint density at radius 3 is 2.20 bits per heavy atom. The van der Waals surface area contributed by atoms with Crippen LogP contribution in [0.15, 0.2) is 84.9 Å². The van der Waals surface area contributed by atoms with Gasteiger partial charge in [0.2, 0.25) is 5.91 Å². The van der Waals surface area contributed by atoms with Crippen molar-refractivity contribution in [3.05, 3.63) is 107 Å². The lowest BCUT2D eigenvalue weighted by Crippen LogP contribution is -2.36. The van der Waals surface area contributed by atoms with E-state index in [1.807, 2.05) is 30.3 Å². The molecule has 2 unspecified atom stereocenters. The summed E-state index contributed by atoms with van der Waals surface area (Å²) in [5.74, 6) is -0.320. The van der Waals surface area contributed by atoms with Crippen LogP contribution in [-0.4, -0.2) is 30.9 Å². The van der Waals surface area contributed by atoms with E-state index in [0.29, 0.717) is 12.1 Å². The van der Waals surface area contributed by atoms with E-state index in [2.05, 4.69) is 53.2 Å². The maximum absolute atomic E-state index is 12.7. The smallest absolute Gasteiger partial charge is 0.251 e. The van der Waals surface area contributed by atoms with Crippen molar-refractivity contribution < 1.29 is 14.0 Å². The number of carbonyl (C=O) groups excluding carboxylic acids is 2.